The Morgan fingerprint density at radius 1 is 1.33 bits per heavy atom. The van der Waals surface area contributed by atoms with Crippen LogP contribution in [0.5, 0.6) is 0 Å². The van der Waals surface area contributed by atoms with Gasteiger partial charge in [-0.25, -0.2) is 0 Å². The summed E-state index contributed by atoms with van der Waals surface area (Å²) < 4.78 is 37.2. The predicted octanol–water partition coefficient (Wildman–Crippen LogP) is 2.52. The summed E-state index contributed by atoms with van der Waals surface area (Å²) in [6, 6.07) is 0.668. The lowest BCUT2D eigenvalue weighted by atomic mass is 10.1. The topological polar surface area (TPSA) is 75.9 Å². The van der Waals surface area contributed by atoms with E-state index in [1.165, 1.54) is 0 Å². The molecule has 0 spiro atoms. The molecule has 82 valence electrons. The van der Waals surface area contributed by atoms with Crippen molar-refractivity contribution in [1.29, 1.82) is 5.41 Å². The third kappa shape index (κ3) is 1.99. The van der Waals surface area contributed by atoms with Gasteiger partial charge in [0.15, 0.2) is 0 Å². The van der Waals surface area contributed by atoms with E-state index >= 15 is 0 Å². The molecule has 1 aromatic carbocycles. The Morgan fingerprint density at radius 2 is 1.87 bits per heavy atom. The van der Waals surface area contributed by atoms with Crippen LogP contribution in [0.1, 0.15) is 11.1 Å². The molecule has 0 aromatic heterocycles. The maximum Gasteiger partial charge on any atom is 0.418 e. The van der Waals surface area contributed by atoms with Gasteiger partial charge in [0.05, 0.1) is 16.3 Å². The number of alkyl halides is 3. The Balaban J connectivity index is 3.55. The minimum atomic E-state index is -4.61. The van der Waals surface area contributed by atoms with Crippen LogP contribution in [0.4, 0.5) is 24.5 Å². The van der Waals surface area contributed by atoms with E-state index in [4.69, 9.17) is 28.5 Å². The minimum absolute atomic E-state index is 0.0119. The molecule has 0 amide bonds. The Hall–Kier alpha value is -1.43. The van der Waals surface area contributed by atoms with E-state index < -0.39 is 17.4 Å². The fraction of sp³-hybridized carbons (Fsp3) is 0.125. The molecule has 15 heavy (non-hydrogen) atoms. The van der Waals surface area contributed by atoms with E-state index in [1.807, 2.05) is 0 Å². The van der Waals surface area contributed by atoms with Crippen molar-refractivity contribution in [3.8, 4) is 0 Å². The van der Waals surface area contributed by atoms with E-state index in [0.29, 0.717) is 6.07 Å². The average molecular weight is 238 g/mol. The van der Waals surface area contributed by atoms with E-state index in [0.717, 1.165) is 6.21 Å². The van der Waals surface area contributed by atoms with Gasteiger partial charge in [0, 0.05) is 17.5 Å². The molecule has 0 aliphatic rings. The Bertz CT molecular complexity index is 415. The Labute approximate surface area is 88.3 Å². The second-order valence-electron chi connectivity index (χ2n) is 2.80. The van der Waals surface area contributed by atoms with Crippen molar-refractivity contribution in [3.63, 3.8) is 0 Å². The van der Waals surface area contributed by atoms with Crippen molar-refractivity contribution >= 4 is 29.2 Å². The first kappa shape index (κ1) is 11.6. The molecule has 0 unspecified atom stereocenters. The van der Waals surface area contributed by atoms with Gasteiger partial charge in [-0.3, -0.25) is 0 Å². The first-order valence-corrected chi connectivity index (χ1v) is 4.12. The molecule has 0 radical (unpaired) electrons. The van der Waals surface area contributed by atoms with Crippen molar-refractivity contribution in [1.82, 2.24) is 0 Å². The van der Waals surface area contributed by atoms with Crippen LogP contribution >= 0.6 is 11.6 Å². The zero-order chi connectivity index (χ0) is 11.8. The van der Waals surface area contributed by atoms with Crippen LogP contribution in [0.2, 0.25) is 5.02 Å². The summed E-state index contributed by atoms with van der Waals surface area (Å²) in [4.78, 5) is 0. The fourth-order valence-corrected chi connectivity index (χ4v) is 1.35. The first-order chi connectivity index (χ1) is 6.79. The lowest BCUT2D eigenvalue weighted by Crippen LogP contribution is -2.11. The fourth-order valence-electron chi connectivity index (χ4n) is 1.08. The molecule has 0 saturated carbocycles. The summed E-state index contributed by atoms with van der Waals surface area (Å²) in [5.74, 6) is 0. The number of halogens is 4. The lowest BCUT2D eigenvalue weighted by molar-refractivity contribution is -0.136. The summed E-state index contributed by atoms with van der Waals surface area (Å²) >= 11 is 5.55. The maximum atomic E-state index is 12.4. The molecular weight excluding hydrogens is 231 g/mol. The molecule has 0 fully saturated rings. The number of benzene rings is 1. The largest absolute Gasteiger partial charge is 0.418 e. The van der Waals surface area contributed by atoms with Crippen LogP contribution in [-0.4, -0.2) is 6.21 Å². The molecule has 1 rings (SSSR count). The van der Waals surface area contributed by atoms with E-state index in [9.17, 15) is 13.2 Å². The maximum absolute atomic E-state index is 12.4. The molecule has 0 atom stereocenters. The summed E-state index contributed by atoms with van der Waals surface area (Å²) in [5, 5.41) is 6.57. The minimum Gasteiger partial charge on any atom is -0.398 e. The lowest BCUT2D eigenvalue weighted by Gasteiger charge is -2.14. The van der Waals surface area contributed by atoms with Gasteiger partial charge in [0.25, 0.3) is 0 Å². The summed E-state index contributed by atoms with van der Waals surface area (Å²) in [5.41, 5.74) is 8.57. The second-order valence-corrected chi connectivity index (χ2v) is 3.17. The predicted molar refractivity (Wildman–Crippen MR) is 53.2 cm³/mol. The van der Waals surface area contributed by atoms with Gasteiger partial charge < -0.3 is 16.9 Å². The van der Waals surface area contributed by atoms with E-state index in [2.05, 4.69) is 0 Å². The van der Waals surface area contributed by atoms with Crippen molar-refractivity contribution in [2.24, 2.45) is 0 Å². The van der Waals surface area contributed by atoms with Gasteiger partial charge >= 0.3 is 6.18 Å². The average Bonchev–Trinajstić information content (AvgIpc) is 2.10. The van der Waals surface area contributed by atoms with Gasteiger partial charge in [0.1, 0.15) is 0 Å². The highest BCUT2D eigenvalue weighted by Crippen LogP contribution is 2.40. The van der Waals surface area contributed by atoms with Crippen LogP contribution in [0.3, 0.4) is 0 Å². The quantitative estimate of drug-likeness (QED) is 0.519. The van der Waals surface area contributed by atoms with Crippen LogP contribution < -0.4 is 11.5 Å². The standard InChI is InChI=1S/C8H7ClF3N3/c9-6-3(2-13)5(14)1-4(7(6)15)8(10,11)12/h1-2,13H,14-15H2. The van der Waals surface area contributed by atoms with Gasteiger partial charge in [0.2, 0.25) is 0 Å². The zero-order valence-corrected chi connectivity index (χ0v) is 8.08. The van der Waals surface area contributed by atoms with E-state index in [-0.39, 0.29) is 16.3 Å². The number of nitrogens with one attached hydrogen (secondary N) is 1. The number of hydrogen-bond acceptors (Lipinski definition) is 3. The molecule has 5 N–H and O–H groups in total. The molecule has 3 nitrogen and oxygen atoms in total. The number of nitrogen functional groups attached to an aromatic ring is 2. The van der Waals surface area contributed by atoms with Crippen molar-refractivity contribution in [2.75, 3.05) is 11.5 Å². The number of anilines is 2. The van der Waals surface area contributed by atoms with Crippen LogP contribution in [0.25, 0.3) is 0 Å². The van der Waals surface area contributed by atoms with Gasteiger partial charge in [-0.05, 0) is 6.07 Å². The molecule has 0 saturated heterocycles. The highest BCUT2D eigenvalue weighted by Gasteiger charge is 2.34. The normalized spacial score (nSPS) is 11.5. The molecule has 7 heteroatoms. The molecule has 0 heterocycles. The van der Waals surface area contributed by atoms with Crippen LogP contribution in [0, 0.1) is 5.41 Å². The van der Waals surface area contributed by atoms with E-state index in [1.54, 1.807) is 0 Å². The SMILES string of the molecule is N=Cc1c(N)cc(C(F)(F)F)c(N)c1Cl. The first-order valence-electron chi connectivity index (χ1n) is 3.74. The molecule has 0 aliphatic carbocycles. The summed E-state index contributed by atoms with van der Waals surface area (Å²) in [7, 11) is 0. The molecular formula is C8H7ClF3N3. The monoisotopic (exact) mass is 237 g/mol. The highest BCUT2D eigenvalue weighted by molar-refractivity contribution is 6.36. The zero-order valence-electron chi connectivity index (χ0n) is 7.32. The summed E-state index contributed by atoms with van der Waals surface area (Å²) in [6.07, 6.45) is -3.85. The van der Waals surface area contributed by atoms with Crippen molar-refractivity contribution in [2.45, 2.75) is 6.18 Å². The van der Waals surface area contributed by atoms with Crippen LogP contribution in [-0.2, 0) is 6.18 Å². The van der Waals surface area contributed by atoms with Crippen molar-refractivity contribution < 1.29 is 13.2 Å². The number of hydrogen-bond donors (Lipinski definition) is 3. The Morgan fingerprint density at radius 3 is 2.27 bits per heavy atom. The number of rotatable bonds is 1. The van der Waals surface area contributed by atoms with Crippen LogP contribution in [0.15, 0.2) is 6.07 Å². The third-order valence-electron chi connectivity index (χ3n) is 1.82. The summed E-state index contributed by atoms with van der Waals surface area (Å²) in [6.45, 7) is 0. The van der Waals surface area contributed by atoms with Crippen molar-refractivity contribution in [3.05, 3.63) is 22.2 Å². The molecule has 0 bridgehead atoms. The third-order valence-corrected chi connectivity index (χ3v) is 2.23. The Kier molecular flexibility index (Phi) is 2.81. The smallest absolute Gasteiger partial charge is 0.398 e. The van der Waals surface area contributed by atoms with Gasteiger partial charge in [-0.15, -0.1) is 0 Å². The highest BCUT2D eigenvalue weighted by atomic mass is 35.5. The van der Waals surface area contributed by atoms with Gasteiger partial charge in [-0.2, -0.15) is 13.2 Å². The number of nitrogens with two attached hydrogens (primary N) is 2. The molecule has 0 aliphatic heterocycles. The van der Waals surface area contributed by atoms with Gasteiger partial charge in [-0.1, -0.05) is 11.6 Å². The second kappa shape index (κ2) is 3.62. The molecule has 1 aromatic rings.